The molecule has 0 aliphatic carbocycles. The second-order valence-corrected chi connectivity index (χ2v) is 8.79. The topological polar surface area (TPSA) is 105 Å². The fraction of sp³-hybridized carbons (Fsp3) is 0.450. The van der Waals surface area contributed by atoms with Crippen molar-refractivity contribution < 1.29 is 8.42 Å². The Balaban J connectivity index is 1.62. The number of anilines is 1. The summed E-state index contributed by atoms with van der Waals surface area (Å²) in [4.78, 5) is 2.59. The highest BCUT2D eigenvalue weighted by Gasteiger charge is 2.15. The SMILES string of the molecule is CCN(CC)CCNc1ccc2nnc(CCNS(=O)(=O)c3cccc(C)c3)n2n1. The van der Waals surface area contributed by atoms with Gasteiger partial charge < -0.3 is 10.2 Å². The van der Waals surface area contributed by atoms with Crippen LogP contribution in [0.5, 0.6) is 0 Å². The van der Waals surface area contributed by atoms with E-state index in [9.17, 15) is 8.42 Å². The summed E-state index contributed by atoms with van der Waals surface area (Å²) in [5.74, 6) is 1.33. The average Bonchev–Trinajstić information content (AvgIpc) is 3.13. The lowest BCUT2D eigenvalue weighted by atomic mass is 10.2. The Labute approximate surface area is 177 Å². The van der Waals surface area contributed by atoms with Gasteiger partial charge in [0.2, 0.25) is 10.0 Å². The molecule has 0 amide bonds. The van der Waals surface area contributed by atoms with Gasteiger partial charge in [0, 0.05) is 26.1 Å². The van der Waals surface area contributed by atoms with Crippen molar-refractivity contribution in [3.8, 4) is 0 Å². The first kappa shape index (κ1) is 22.1. The normalized spacial score (nSPS) is 12.0. The van der Waals surface area contributed by atoms with Gasteiger partial charge in [0.15, 0.2) is 11.5 Å². The van der Waals surface area contributed by atoms with Crippen LogP contribution in [0.3, 0.4) is 0 Å². The molecule has 2 N–H and O–H groups in total. The zero-order valence-electron chi connectivity index (χ0n) is 17.7. The number of fused-ring (bicyclic) bond motifs is 1. The zero-order valence-corrected chi connectivity index (χ0v) is 18.5. The number of benzene rings is 1. The Hall–Kier alpha value is -2.56. The highest BCUT2D eigenvalue weighted by molar-refractivity contribution is 7.89. The Bertz CT molecular complexity index is 1080. The highest BCUT2D eigenvalue weighted by atomic mass is 32.2. The smallest absolute Gasteiger partial charge is 0.240 e. The molecule has 2 aromatic heterocycles. The van der Waals surface area contributed by atoms with Crippen molar-refractivity contribution in [1.29, 1.82) is 0 Å². The third kappa shape index (κ3) is 5.53. The van der Waals surface area contributed by atoms with Crippen molar-refractivity contribution in [3.63, 3.8) is 0 Å². The molecule has 9 nitrogen and oxygen atoms in total. The van der Waals surface area contributed by atoms with Gasteiger partial charge in [-0.05, 0) is 49.8 Å². The second kappa shape index (κ2) is 9.96. The molecular weight excluding hydrogens is 402 g/mol. The quantitative estimate of drug-likeness (QED) is 0.476. The van der Waals surface area contributed by atoms with Crippen LogP contribution < -0.4 is 10.0 Å². The van der Waals surface area contributed by atoms with Gasteiger partial charge in [-0.25, -0.2) is 13.1 Å². The van der Waals surface area contributed by atoms with Crippen molar-refractivity contribution in [3.05, 3.63) is 47.8 Å². The maximum atomic E-state index is 12.5. The summed E-state index contributed by atoms with van der Waals surface area (Å²) in [7, 11) is -3.57. The summed E-state index contributed by atoms with van der Waals surface area (Å²) in [6, 6.07) is 10.5. The Morgan fingerprint density at radius 3 is 2.60 bits per heavy atom. The van der Waals surface area contributed by atoms with Gasteiger partial charge in [-0.3, -0.25) is 0 Å². The summed E-state index contributed by atoms with van der Waals surface area (Å²) < 4.78 is 29.2. The van der Waals surface area contributed by atoms with E-state index in [2.05, 4.69) is 44.1 Å². The molecule has 0 unspecified atom stereocenters. The molecule has 1 aromatic carbocycles. The van der Waals surface area contributed by atoms with Gasteiger partial charge in [0.05, 0.1) is 4.90 Å². The molecule has 0 aliphatic heterocycles. The van der Waals surface area contributed by atoms with Crippen molar-refractivity contribution in [2.75, 3.05) is 38.0 Å². The predicted octanol–water partition coefficient (Wildman–Crippen LogP) is 1.71. The minimum atomic E-state index is -3.57. The number of aryl methyl sites for hydroxylation is 1. The summed E-state index contributed by atoms with van der Waals surface area (Å²) >= 11 is 0. The van der Waals surface area contributed by atoms with Crippen LogP contribution in [-0.2, 0) is 16.4 Å². The first-order valence-corrected chi connectivity index (χ1v) is 11.6. The minimum Gasteiger partial charge on any atom is -0.367 e. The molecule has 2 heterocycles. The van der Waals surface area contributed by atoms with Crippen LogP contribution in [-0.4, -0.2) is 65.9 Å². The lowest BCUT2D eigenvalue weighted by Gasteiger charge is -2.18. The van der Waals surface area contributed by atoms with Gasteiger partial charge in [0.25, 0.3) is 0 Å². The van der Waals surface area contributed by atoms with E-state index in [0.29, 0.717) is 17.9 Å². The molecule has 162 valence electrons. The number of sulfonamides is 1. The molecule has 0 fully saturated rings. The van der Waals surface area contributed by atoms with Crippen LogP contribution >= 0.6 is 0 Å². The van der Waals surface area contributed by atoms with Crippen molar-refractivity contribution in [2.24, 2.45) is 0 Å². The molecular formula is C20H29N7O2S. The second-order valence-electron chi connectivity index (χ2n) is 7.02. The van der Waals surface area contributed by atoms with E-state index in [-0.39, 0.29) is 11.4 Å². The van der Waals surface area contributed by atoms with Gasteiger partial charge in [0.1, 0.15) is 5.82 Å². The maximum absolute atomic E-state index is 12.5. The summed E-state index contributed by atoms with van der Waals surface area (Å²) in [5.41, 5.74) is 1.52. The third-order valence-corrected chi connectivity index (χ3v) is 6.36. The Morgan fingerprint density at radius 2 is 1.87 bits per heavy atom. The standard InChI is InChI=1S/C20H29N7O2S/c1-4-26(5-2)14-13-21-18-9-10-19-23-24-20(27(19)25-18)11-12-22-30(28,29)17-8-6-7-16(3)15-17/h6-10,15,22H,4-5,11-14H2,1-3H3,(H,21,25). The van der Waals surface area contributed by atoms with Crippen molar-refractivity contribution >= 4 is 21.5 Å². The minimum absolute atomic E-state index is 0.207. The first-order valence-electron chi connectivity index (χ1n) is 10.2. The van der Waals surface area contributed by atoms with Crippen LogP contribution in [0.4, 0.5) is 5.82 Å². The number of aromatic nitrogens is 4. The summed E-state index contributed by atoms with van der Waals surface area (Å²) in [6.07, 6.45) is 0.377. The van der Waals surface area contributed by atoms with Gasteiger partial charge in [-0.15, -0.1) is 15.3 Å². The van der Waals surface area contributed by atoms with Crippen molar-refractivity contribution in [2.45, 2.75) is 32.1 Å². The zero-order chi connectivity index (χ0) is 21.6. The van der Waals surface area contributed by atoms with Gasteiger partial charge in [-0.2, -0.15) is 4.52 Å². The third-order valence-electron chi connectivity index (χ3n) is 4.90. The maximum Gasteiger partial charge on any atom is 0.240 e. The van der Waals surface area contributed by atoms with Crippen LogP contribution in [0, 0.1) is 6.92 Å². The molecule has 0 spiro atoms. The number of nitrogens with one attached hydrogen (secondary N) is 2. The fourth-order valence-corrected chi connectivity index (χ4v) is 4.26. The molecule has 3 rings (SSSR count). The molecule has 0 atom stereocenters. The summed E-state index contributed by atoms with van der Waals surface area (Å²) in [5, 5.41) is 16.1. The van der Waals surface area contributed by atoms with E-state index >= 15 is 0 Å². The number of hydrogen-bond donors (Lipinski definition) is 2. The van der Waals surface area contributed by atoms with E-state index in [1.165, 1.54) is 0 Å². The van der Waals surface area contributed by atoms with E-state index in [1.807, 2.05) is 25.1 Å². The molecule has 30 heavy (non-hydrogen) atoms. The number of hydrogen-bond acceptors (Lipinski definition) is 7. The van der Waals surface area contributed by atoms with E-state index in [1.54, 1.807) is 22.7 Å². The lowest BCUT2D eigenvalue weighted by Crippen LogP contribution is -2.29. The molecule has 0 saturated heterocycles. The van der Waals surface area contributed by atoms with Crippen LogP contribution in [0.2, 0.25) is 0 Å². The monoisotopic (exact) mass is 431 g/mol. The van der Waals surface area contributed by atoms with E-state index in [0.717, 1.165) is 37.6 Å². The van der Waals surface area contributed by atoms with Gasteiger partial charge >= 0.3 is 0 Å². The van der Waals surface area contributed by atoms with Crippen LogP contribution in [0.1, 0.15) is 25.2 Å². The molecule has 10 heteroatoms. The molecule has 3 aromatic rings. The fourth-order valence-electron chi connectivity index (χ4n) is 3.13. The average molecular weight is 432 g/mol. The molecule has 0 aliphatic rings. The van der Waals surface area contributed by atoms with Crippen molar-refractivity contribution in [1.82, 2.24) is 29.4 Å². The predicted molar refractivity (Wildman–Crippen MR) is 117 cm³/mol. The number of nitrogens with zero attached hydrogens (tertiary/aromatic N) is 5. The molecule has 0 radical (unpaired) electrons. The number of rotatable bonds is 11. The van der Waals surface area contributed by atoms with E-state index < -0.39 is 10.0 Å². The summed E-state index contributed by atoms with van der Waals surface area (Å²) in [6.45, 7) is 10.1. The Morgan fingerprint density at radius 1 is 1.07 bits per heavy atom. The lowest BCUT2D eigenvalue weighted by molar-refractivity contribution is 0.316. The molecule has 0 bridgehead atoms. The highest BCUT2D eigenvalue weighted by Crippen LogP contribution is 2.11. The largest absolute Gasteiger partial charge is 0.367 e. The van der Waals surface area contributed by atoms with Crippen LogP contribution in [0.15, 0.2) is 41.3 Å². The van der Waals surface area contributed by atoms with E-state index in [4.69, 9.17) is 0 Å². The molecule has 0 saturated carbocycles. The Kier molecular flexibility index (Phi) is 7.35. The van der Waals surface area contributed by atoms with Gasteiger partial charge in [-0.1, -0.05) is 26.0 Å². The first-order chi connectivity index (χ1) is 14.4. The van der Waals surface area contributed by atoms with Crippen LogP contribution in [0.25, 0.3) is 5.65 Å². The number of likely N-dealkylation sites (N-methyl/N-ethyl adjacent to an activating group) is 1.